The zero-order valence-electron chi connectivity index (χ0n) is 7.86. The van der Waals surface area contributed by atoms with Crippen LogP contribution in [0.15, 0.2) is 42.5 Å². The van der Waals surface area contributed by atoms with Crippen molar-refractivity contribution in [1.29, 1.82) is 0 Å². The lowest BCUT2D eigenvalue weighted by Gasteiger charge is -2.01. The van der Waals surface area contributed by atoms with Gasteiger partial charge in [-0.05, 0) is 22.9 Å². The highest BCUT2D eigenvalue weighted by atomic mass is 16.5. The van der Waals surface area contributed by atoms with E-state index in [-0.39, 0.29) is 5.97 Å². The van der Waals surface area contributed by atoms with Gasteiger partial charge in [0.15, 0.2) is 0 Å². The Labute approximate surface area is 82.1 Å². The van der Waals surface area contributed by atoms with E-state index in [0.717, 1.165) is 10.8 Å². The van der Waals surface area contributed by atoms with E-state index in [1.165, 1.54) is 7.11 Å². The lowest BCUT2D eigenvalue weighted by molar-refractivity contribution is 0.0601. The van der Waals surface area contributed by atoms with Crippen LogP contribution < -0.4 is 0 Å². The number of fused-ring (bicyclic) bond motifs is 1. The van der Waals surface area contributed by atoms with Gasteiger partial charge in [0.25, 0.3) is 0 Å². The minimum absolute atomic E-state index is 0.296. The molecule has 2 nitrogen and oxygen atoms in total. The third-order valence-corrected chi connectivity index (χ3v) is 2.17. The Hall–Kier alpha value is -1.83. The first kappa shape index (κ1) is 8.75. The summed E-state index contributed by atoms with van der Waals surface area (Å²) in [5, 5.41) is 2.18. The van der Waals surface area contributed by atoms with Crippen molar-refractivity contribution in [2.24, 2.45) is 0 Å². The zero-order valence-corrected chi connectivity index (χ0v) is 7.86. The monoisotopic (exact) mass is 186 g/mol. The van der Waals surface area contributed by atoms with E-state index >= 15 is 0 Å². The van der Waals surface area contributed by atoms with Gasteiger partial charge in [-0.3, -0.25) is 0 Å². The smallest absolute Gasteiger partial charge is 0.337 e. The van der Waals surface area contributed by atoms with E-state index in [0.29, 0.717) is 5.56 Å². The van der Waals surface area contributed by atoms with Crippen LogP contribution in [0.4, 0.5) is 0 Å². The van der Waals surface area contributed by atoms with E-state index in [2.05, 4.69) is 4.74 Å². The van der Waals surface area contributed by atoms with Crippen molar-refractivity contribution in [2.75, 3.05) is 7.11 Å². The van der Waals surface area contributed by atoms with Gasteiger partial charge in [0.05, 0.1) is 12.7 Å². The topological polar surface area (TPSA) is 26.3 Å². The Morgan fingerprint density at radius 1 is 1.07 bits per heavy atom. The number of rotatable bonds is 1. The SMILES string of the molecule is COC(=O)c1ccc2ccccc2c1. The molecule has 0 aliphatic heterocycles. The normalized spacial score (nSPS) is 10.1. The highest BCUT2D eigenvalue weighted by Gasteiger charge is 2.04. The number of benzene rings is 2. The minimum atomic E-state index is -0.296. The summed E-state index contributed by atoms with van der Waals surface area (Å²) in [7, 11) is 1.39. The average Bonchev–Trinajstić information content (AvgIpc) is 2.27. The van der Waals surface area contributed by atoms with Crippen LogP contribution in [0.5, 0.6) is 0 Å². The quantitative estimate of drug-likeness (QED) is 0.640. The lowest BCUT2D eigenvalue weighted by Crippen LogP contribution is -2.00. The standard InChI is InChI=1S/C12H10O2/c1-14-12(13)11-7-6-9-4-2-3-5-10(9)8-11/h2-8H,1H3. The fourth-order valence-electron chi connectivity index (χ4n) is 1.43. The highest BCUT2D eigenvalue weighted by molar-refractivity contribution is 5.95. The van der Waals surface area contributed by atoms with Crippen molar-refractivity contribution in [2.45, 2.75) is 0 Å². The summed E-state index contributed by atoms with van der Waals surface area (Å²) in [5.74, 6) is -0.296. The zero-order chi connectivity index (χ0) is 9.97. The molecule has 14 heavy (non-hydrogen) atoms. The Bertz CT molecular complexity index is 474. The molecule has 70 valence electrons. The number of esters is 1. The molecular weight excluding hydrogens is 176 g/mol. The summed E-state index contributed by atoms with van der Waals surface area (Å²) in [6, 6.07) is 13.4. The average molecular weight is 186 g/mol. The van der Waals surface area contributed by atoms with Crippen LogP contribution in [0.1, 0.15) is 10.4 Å². The van der Waals surface area contributed by atoms with E-state index in [9.17, 15) is 4.79 Å². The molecule has 0 fully saturated rings. The molecule has 2 aromatic carbocycles. The Morgan fingerprint density at radius 3 is 2.50 bits per heavy atom. The molecule has 0 saturated heterocycles. The van der Waals surface area contributed by atoms with Gasteiger partial charge in [-0.2, -0.15) is 0 Å². The summed E-state index contributed by atoms with van der Waals surface area (Å²) in [5.41, 5.74) is 0.589. The van der Waals surface area contributed by atoms with E-state index in [1.54, 1.807) is 6.07 Å². The number of ether oxygens (including phenoxy) is 1. The summed E-state index contributed by atoms with van der Waals surface area (Å²) in [6.07, 6.45) is 0. The van der Waals surface area contributed by atoms with Crippen LogP contribution in [0.25, 0.3) is 10.8 Å². The van der Waals surface area contributed by atoms with Crippen molar-refractivity contribution < 1.29 is 9.53 Å². The molecule has 0 aromatic heterocycles. The fourth-order valence-corrected chi connectivity index (χ4v) is 1.43. The molecule has 0 heterocycles. The third-order valence-electron chi connectivity index (χ3n) is 2.17. The third kappa shape index (κ3) is 1.46. The largest absolute Gasteiger partial charge is 0.465 e. The predicted octanol–water partition coefficient (Wildman–Crippen LogP) is 2.63. The van der Waals surface area contributed by atoms with Crippen LogP contribution in [0.2, 0.25) is 0 Å². The first-order chi connectivity index (χ1) is 6.81. The minimum Gasteiger partial charge on any atom is -0.465 e. The summed E-state index contributed by atoms with van der Waals surface area (Å²) >= 11 is 0. The Morgan fingerprint density at radius 2 is 1.79 bits per heavy atom. The van der Waals surface area contributed by atoms with Gasteiger partial charge in [-0.15, -0.1) is 0 Å². The van der Waals surface area contributed by atoms with Crippen LogP contribution in [0.3, 0.4) is 0 Å². The maximum Gasteiger partial charge on any atom is 0.337 e. The number of methoxy groups -OCH3 is 1. The van der Waals surface area contributed by atoms with Gasteiger partial charge in [0.1, 0.15) is 0 Å². The molecule has 0 unspecified atom stereocenters. The molecule has 0 amide bonds. The predicted molar refractivity (Wildman–Crippen MR) is 55.3 cm³/mol. The summed E-state index contributed by atoms with van der Waals surface area (Å²) in [6.45, 7) is 0. The Kier molecular flexibility index (Phi) is 2.19. The number of hydrogen-bond donors (Lipinski definition) is 0. The molecule has 2 rings (SSSR count). The van der Waals surface area contributed by atoms with Crippen molar-refractivity contribution in [3.63, 3.8) is 0 Å². The second-order valence-electron chi connectivity index (χ2n) is 3.05. The molecule has 0 spiro atoms. The van der Waals surface area contributed by atoms with Gasteiger partial charge >= 0.3 is 5.97 Å². The van der Waals surface area contributed by atoms with Crippen molar-refractivity contribution in [1.82, 2.24) is 0 Å². The van der Waals surface area contributed by atoms with E-state index < -0.39 is 0 Å². The number of carbonyl (C=O) groups excluding carboxylic acids is 1. The van der Waals surface area contributed by atoms with E-state index in [4.69, 9.17) is 0 Å². The van der Waals surface area contributed by atoms with Crippen LogP contribution >= 0.6 is 0 Å². The van der Waals surface area contributed by atoms with Crippen LogP contribution in [-0.4, -0.2) is 13.1 Å². The highest BCUT2D eigenvalue weighted by Crippen LogP contribution is 2.15. The molecule has 0 bridgehead atoms. The molecule has 0 radical (unpaired) electrons. The van der Waals surface area contributed by atoms with Crippen LogP contribution in [-0.2, 0) is 4.74 Å². The number of hydrogen-bond acceptors (Lipinski definition) is 2. The van der Waals surface area contributed by atoms with Crippen molar-refractivity contribution in [3.05, 3.63) is 48.0 Å². The van der Waals surface area contributed by atoms with Gasteiger partial charge in [-0.1, -0.05) is 30.3 Å². The molecule has 2 aromatic rings. The maximum absolute atomic E-state index is 11.2. The second kappa shape index (κ2) is 3.50. The van der Waals surface area contributed by atoms with Crippen molar-refractivity contribution >= 4 is 16.7 Å². The molecule has 0 saturated carbocycles. The van der Waals surface area contributed by atoms with Gasteiger partial charge in [0, 0.05) is 0 Å². The molecule has 0 atom stereocenters. The first-order valence-electron chi connectivity index (χ1n) is 4.38. The summed E-state index contributed by atoms with van der Waals surface area (Å²) in [4.78, 5) is 11.2. The molecule has 2 heteroatoms. The number of carbonyl (C=O) groups is 1. The second-order valence-corrected chi connectivity index (χ2v) is 3.05. The summed E-state index contributed by atoms with van der Waals surface area (Å²) < 4.78 is 4.65. The molecule has 0 N–H and O–H groups in total. The fraction of sp³-hybridized carbons (Fsp3) is 0.0833. The Balaban J connectivity index is 2.56. The molecular formula is C12H10O2. The maximum atomic E-state index is 11.2. The molecule has 0 aliphatic rings. The van der Waals surface area contributed by atoms with Crippen LogP contribution in [0, 0.1) is 0 Å². The van der Waals surface area contributed by atoms with Gasteiger partial charge in [-0.25, -0.2) is 4.79 Å². The van der Waals surface area contributed by atoms with Gasteiger partial charge < -0.3 is 4.74 Å². The van der Waals surface area contributed by atoms with Crippen molar-refractivity contribution in [3.8, 4) is 0 Å². The van der Waals surface area contributed by atoms with E-state index in [1.807, 2.05) is 36.4 Å². The first-order valence-corrected chi connectivity index (χ1v) is 4.38. The molecule has 0 aliphatic carbocycles. The van der Waals surface area contributed by atoms with Gasteiger partial charge in [0.2, 0.25) is 0 Å². The lowest BCUT2D eigenvalue weighted by atomic mass is 10.1.